The van der Waals surface area contributed by atoms with E-state index in [2.05, 4.69) is 74.3 Å². The molecular formula is C28H27NO2. The Morgan fingerprint density at radius 1 is 0.935 bits per heavy atom. The lowest BCUT2D eigenvalue weighted by molar-refractivity contribution is 0.144. The van der Waals surface area contributed by atoms with Crippen LogP contribution in [0.5, 0.6) is 0 Å². The fourth-order valence-electron chi connectivity index (χ4n) is 3.98. The molecule has 0 fully saturated rings. The van der Waals surface area contributed by atoms with Crippen LogP contribution in [-0.2, 0) is 10.2 Å². The molecular weight excluding hydrogens is 382 g/mol. The molecule has 0 atom stereocenters. The summed E-state index contributed by atoms with van der Waals surface area (Å²) in [4.78, 5) is 12.2. The molecule has 3 nitrogen and oxygen atoms in total. The van der Waals surface area contributed by atoms with Crippen molar-refractivity contribution in [1.29, 1.82) is 0 Å². The molecule has 0 saturated heterocycles. The van der Waals surface area contributed by atoms with Gasteiger partial charge in [0, 0.05) is 11.5 Å². The predicted molar refractivity (Wildman–Crippen MR) is 125 cm³/mol. The van der Waals surface area contributed by atoms with Crippen molar-refractivity contribution in [3.8, 4) is 23.0 Å². The first-order chi connectivity index (χ1) is 14.9. The van der Waals surface area contributed by atoms with Gasteiger partial charge in [-0.2, -0.15) is 0 Å². The number of carbonyl (C=O) groups excluding carboxylic acids is 1. The van der Waals surface area contributed by atoms with Crippen molar-refractivity contribution in [2.75, 3.05) is 13.2 Å². The Morgan fingerprint density at radius 2 is 1.58 bits per heavy atom. The van der Waals surface area contributed by atoms with E-state index in [0.29, 0.717) is 6.61 Å². The second kappa shape index (κ2) is 8.70. The molecule has 31 heavy (non-hydrogen) atoms. The molecule has 156 valence electrons. The molecule has 0 saturated carbocycles. The number of fused-ring (bicyclic) bond motifs is 3. The quantitative estimate of drug-likeness (QED) is 0.549. The first-order valence-electron chi connectivity index (χ1n) is 10.6. The summed E-state index contributed by atoms with van der Waals surface area (Å²) >= 11 is 0. The SMILES string of the molecule is CC(C)(C)c1cccc(C#CCNC(=O)OCC2c3ccccc3-c3ccccc32)c1. The Balaban J connectivity index is 1.34. The van der Waals surface area contributed by atoms with Crippen molar-refractivity contribution in [2.24, 2.45) is 0 Å². The smallest absolute Gasteiger partial charge is 0.407 e. The second-order valence-electron chi connectivity index (χ2n) is 8.81. The van der Waals surface area contributed by atoms with E-state index in [1.54, 1.807) is 0 Å². The van der Waals surface area contributed by atoms with Crippen LogP contribution < -0.4 is 5.32 Å². The fraction of sp³-hybridized carbons (Fsp3) is 0.250. The van der Waals surface area contributed by atoms with Crippen LogP contribution in [0.15, 0.2) is 72.8 Å². The lowest BCUT2D eigenvalue weighted by Crippen LogP contribution is -2.26. The van der Waals surface area contributed by atoms with Crippen molar-refractivity contribution in [1.82, 2.24) is 5.32 Å². The van der Waals surface area contributed by atoms with Crippen molar-refractivity contribution in [2.45, 2.75) is 32.1 Å². The molecule has 1 aliphatic carbocycles. The van der Waals surface area contributed by atoms with Gasteiger partial charge >= 0.3 is 6.09 Å². The van der Waals surface area contributed by atoms with Gasteiger partial charge in [-0.25, -0.2) is 4.79 Å². The van der Waals surface area contributed by atoms with Crippen LogP contribution in [0.1, 0.15) is 48.9 Å². The monoisotopic (exact) mass is 409 g/mol. The Morgan fingerprint density at radius 3 is 2.23 bits per heavy atom. The van der Waals surface area contributed by atoms with E-state index in [-0.39, 0.29) is 17.9 Å². The van der Waals surface area contributed by atoms with Gasteiger partial charge in [0.15, 0.2) is 0 Å². The van der Waals surface area contributed by atoms with Crippen LogP contribution in [-0.4, -0.2) is 19.2 Å². The molecule has 1 aliphatic rings. The van der Waals surface area contributed by atoms with Gasteiger partial charge in [0.25, 0.3) is 0 Å². The molecule has 0 aromatic heterocycles. The average molecular weight is 410 g/mol. The third-order valence-corrected chi connectivity index (χ3v) is 5.63. The number of amides is 1. The Kier molecular flexibility index (Phi) is 5.82. The molecule has 0 unspecified atom stereocenters. The maximum atomic E-state index is 12.2. The molecule has 0 bridgehead atoms. The molecule has 0 aliphatic heterocycles. The number of alkyl carbamates (subject to hydrolysis) is 1. The van der Waals surface area contributed by atoms with E-state index < -0.39 is 6.09 Å². The minimum atomic E-state index is -0.445. The molecule has 0 spiro atoms. The van der Waals surface area contributed by atoms with Gasteiger partial charge < -0.3 is 10.1 Å². The summed E-state index contributed by atoms with van der Waals surface area (Å²) in [6, 6.07) is 24.8. The van der Waals surface area contributed by atoms with Gasteiger partial charge in [-0.15, -0.1) is 0 Å². The first kappa shape index (κ1) is 20.8. The standard InChI is InChI=1S/C28H27NO2/c1-28(2,3)21-12-8-10-20(18-21)11-9-17-29-27(30)31-19-26-24-15-6-4-13-22(24)23-14-5-7-16-25(23)26/h4-8,10,12-16,18,26H,17,19H2,1-3H3,(H,29,30). The molecule has 0 heterocycles. The summed E-state index contributed by atoms with van der Waals surface area (Å²) in [6.07, 6.45) is -0.445. The largest absolute Gasteiger partial charge is 0.449 e. The number of rotatable bonds is 3. The molecule has 4 rings (SSSR count). The zero-order chi connectivity index (χ0) is 21.8. The first-order valence-corrected chi connectivity index (χ1v) is 10.6. The third kappa shape index (κ3) is 4.64. The van der Waals surface area contributed by atoms with Crippen molar-refractivity contribution >= 4 is 6.09 Å². The minimum absolute atomic E-state index is 0.0596. The lowest BCUT2D eigenvalue weighted by atomic mass is 9.86. The summed E-state index contributed by atoms with van der Waals surface area (Å²) in [5.41, 5.74) is 7.11. The van der Waals surface area contributed by atoms with Gasteiger partial charge in [0.1, 0.15) is 6.61 Å². The van der Waals surface area contributed by atoms with Crippen molar-refractivity contribution in [3.63, 3.8) is 0 Å². The zero-order valence-electron chi connectivity index (χ0n) is 18.2. The molecule has 1 amide bonds. The highest BCUT2D eigenvalue weighted by Gasteiger charge is 2.28. The topological polar surface area (TPSA) is 38.3 Å². The van der Waals surface area contributed by atoms with E-state index in [1.165, 1.54) is 27.8 Å². The number of ether oxygens (including phenoxy) is 1. The van der Waals surface area contributed by atoms with Crippen LogP contribution in [0.3, 0.4) is 0 Å². The third-order valence-electron chi connectivity index (χ3n) is 5.63. The van der Waals surface area contributed by atoms with E-state index in [1.807, 2.05) is 36.4 Å². The molecule has 1 N–H and O–H groups in total. The van der Waals surface area contributed by atoms with Gasteiger partial charge in [-0.1, -0.05) is 93.3 Å². The van der Waals surface area contributed by atoms with Crippen LogP contribution in [0, 0.1) is 11.8 Å². The van der Waals surface area contributed by atoms with Gasteiger partial charge in [-0.05, 0) is 45.4 Å². The van der Waals surface area contributed by atoms with Crippen LogP contribution in [0.2, 0.25) is 0 Å². The number of carbonyl (C=O) groups is 1. The molecule has 3 aromatic rings. The summed E-state index contributed by atoms with van der Waals surface area (Å²) in [5.74, 6) is 6.18. The number of hydrogen-bond acceptors (Lipinski definition) is 2. The Hall–Kier alpha value is -3.51. The normalized spacial score (nSPS) is 12.4. The minimum Gasteiger partial charge on any atom is -0.449 e. The predicted octanol–water partition coefficient (Wildman–Crippen LogP) is 5.87. The lowest BCUT2D eigenvalue weighted by Gasteiger charge is -2.18. The summed E-state index contributed by atoms with van der Waals surface area (Å²) < 4.78 is 5.54. The second-order valence-corrected chi connectivity index (χ2v) is 8.81. The average Bonchev–Trinajstić information content (AvgIpc) is 3.09. The van der Waals surface area contributed by atoms with E-state index in [9.17, 15) is 4.79 Å². The highest BCUT2D eigenvalue weighted by atomic mass is 16.5. The maximum absolute atomic E-state index is 12.2. The van der Waals surface area contributed by atoms with E-state index >= 15 is 0 Å². The zero-order valence-corrected chi connectivity index (χ0v) is 18.2. The number of benzene rings is 3. The van der Waals surface area contributed by atoms with Gasteiger partial charge in [-0.3, -0.25) is 0 Å². The summed E-state index contributed by atoms with van der Waals surface area (Å²) in [6.45, 7) is 7.09. The number of hydrogen-bond donors (Lipinski definition) is 1. The van der Waals surface area contributed by atoms with Crippen LogP contribution in [0.4, 0.5) is 4.79 Å². The highest BCUT2D eigenvalue weighted by molar-refractivity contribution is 5.79. The van der Waals surface area contributed by atoms with Crippen LogP contribution >= 0.6 is 0 Å². The Labute approximate surface area is 184 Å². The van der Waals surface area contributed by atoms with Crippen molar-refractivity contribution in [3.05, 3.63) is 95.1 Å². The summed E-state index contributed by atoms with van der Waals surface area (Å²) in [5, 5.41) is 2.73. The molecule has 0 radical (unpaired) electrons. The highest BCUT2D eigenvalue weighted by Crippen LogP contribution is 2.44. The maximum Gasteiger partial charge on any atom is 0.407 e. The summed E-state index contributed by atoms with van der Waals surface area (Å²) in [7, 11) is 0. The number of nitrogens with one attached hydrogen (secondary N) is 1. The Bertz CT molecular complexity index is 1120. The van der Waals surface area contributed by atoms with E-state index in [0.717, 1.165) is 5.56 Å². The molecule has 3 aromatic carbocycles. The van der Waals surface area contributed by atoms with Gasteiger partial charge in [0.2, 0.25) is 0 Å². The van der Waals surface area contributed by atoms with Crippen LogP contribution in [0.25, 0.3) is 11.1 Å². The van der Waals surface area contributed by atoms with Gasteiger partial charge in [0.05, 0.1) is 6.54 Å². The van der Waals surface area contributed by atoms with E-state index in [4.69, 9.17) is 4.74 Å². The van der Waals surface area contributed by atoms with Crippen molar-refractivity contribution < 1.29 is 9.53 Å². The molecule has 3 heteroatoms. The fourth-order valence-corrected chi connectivity index (χ4v) is 3.98.